The number of nitrogens with zero attached hydrogens (tertiary/aromatic N) is 5. The van der Waals surface area contributed by atoms with E-state index in [0.29, 0.717) is 31.1 Å². The number of benzene rings is 1. The van der Waals surface area contributed by atoms with Crippen molar-refractivity contribution in [3.8, 4) is 0 Å². The van der Waals surface area contributed by atoms with E-state index in [-0.39, 0.29) is 0 Å². The van der Waals surface area contributed by atoms with Gasteiger partial charge in [-0.05, 0) is 26.0 Å². The van der Waals surface area contributed by atoms with E-state index in [0.717, 1.165) is 31.9 Å². The zero-order valence-electron chi connectivity index (χ0n) is 14.3. The number of anilines is 4. The van der Waals surface area contributed by atoms with Crippen molar-refractivity contribution in [2.45, 2.75) is 13.8 Å². The smallest absolute Gasteiger partial charge is 0.233 e. The molecule has 7 heteroatoms. The molecule has 0 unspecified atom stereocenters. The van der Waals surface area contributed by atoms with Crippen LogP contribution in [0, 0.1) is 0 Å². The number of morpholine rings is 1. The van der Waals surface area contributed by atoms with E-state index in [1.54, 1.807) is 0 Å². The van der Waals surface area contributed by atoms with Crippen molar-refractivity contribution in [3.05, 3.63) is 30.3 Å². The zero-order valence-corrected chi connectivity index (χ0v) is 14.3. The van der Waals surface area contributed by atoms with Gasteiger partial charge in [0.25, 0.3) is 0 Å². The largest absolute Gasteiger partial charge is 0.378 e. The van der Waals surface area contributed by atoms with Crippen LogP contribution in [-0.4, -0.2) is 54.3 Å². The van der Waals surface area contributed by atoms with Crippen LogP contribution >= 0.6 is 0 Å². The number of para-hydroxylation sites is 1. The van der Waals surface area contributed by atoms with Crippen LogP contribution in [0.15, 0.2) is 30.3 Å². The highest BCUT2D eigenvalue weighted by atomic mass is 16.5. The lowest BCUT2D eigenvalue weighted by Crippen LogP contribution is -2.38. The Bertz CT molecular complexity index is 641. The Morgan fingerprint density at radius 2 is 1.75 bits per heavy atom. The Morgan fingerprint density at radius 3 is 2.42 bits per heavy atom. The van der Waals surface area contributed by atoms with E-state index in [1.165, 1.54) is 0 Å². The second kappa shape index (κ2) is 7.92. The third kappa shape index (κ3) is 3.91. The molecule has 1 aromatic carbocycles. The van der Waals surface area contributed by atoms with Gasteiger partial charge in [0, 0.05) is 31.9 Å². The summed E-state index contributed by atoms with van der Waals surface area (Å²) in [7, 11) is 0. The monoisotopic (exact) mass is 328 g/mol. The van der Waals surface area contributed by atoms with Crippen LogP contribution in [0.1, 0.15) is 13.8 Å². The van der Waals surface area contributed by atoms with Crippen LogP contribution in [-0.2, 0) is 4.74 Å². The van der Waals surface area contributed by atoms with E-state index in [4.69, 9.17) is 4.74 Å². The molecule has 0 radical (unpaired) electrons. The quantitative estimate of drug-likeness (QED) is 0.872. The maximum Gasteiger partial charge on any atom is 0.233 e. The average molecular weight is 328 g/mol. The topological polar surface area (TPSA) is 66.4 Å². The Balaban J connectivity index is 1.92. The minimum absolute atomic E-state index is 0.569. The predicted octanol–water partition coefficient (Wildman–Crippen LogP) is 2.30. The fourth-order valence-corrected chi connectivity index (χ4v) is 2.61. The van der Waals surface area contributed by atoms with Crippen molar-refractivity contribution in [1.82, 2.24) is 15.0 Å². The Hall–Kier alpha value is -2.41. The first-order valence-corrected chi connectivity index (χ1v) is 8.46. The van der Waals surface area contributed by atoms with Crippen LogP contribution in [0.4, 0.5) is 23.5 Å². The molecule has 0 saturated carbocycles. The summed E-state index contributed by atoms with van der Waals surface area (Å²) >= 11 is 0. The molecular formula is C17H24N6O. The number of aromatic nitrogens is 3. The molecule has 2 aromatic rings. The van der Waals surface area contributed by atoms with Crippen molar-refractivity contribution in [2.24, 2.45) is 0 Å². The molecule has 1 fully saturated rings. The summed E-state index contributed by atoms with van der Waals surface area (Å²) < 4.78 is 5.43. The number of rotatable bonds is 6. The summed E-state index contributed by atoms with van der Waals surface area (Å²) in [5.74, 6) is 1.98. The molecule has 0 atom stereocenters. The SMILES string of the molecule is CCN(CC)c1nc(Nc2ccccc2)nc(N2CCOCC2)n1. The van der Waals surface area contributed by atoms with Crippen LogP contribution < -0.4 is 15.1 Å². The highest BCUT2D eigenvalue weighted by molar-refractivity contribution is 5.56. The van der Waals surface area contributed by atoms with Crippen molar-refractivity contribution in [2.75, 3.05) is 54.5 Å². The van der Waals surface area contributed by atoms with Crippen molar-refractivity contribution in [1.29, 1.82) is 0 Å². The molecule has 24 heavy (non-hydrogen) atoms. The van der Waals surface area contributed by atoms with Crippen LogP contribution in [0.25, 0.3) is 0 Å². The second-order valence-electron chi connectivity index (χ2n) is 5.52. The summed E-state index contributed by atoms with van der Waals surface area (Å²) in [6.07, 6.45) is 0. The number of hydrogen-bond donors (Lipinski definition) is 1. The Labute approximate surface area is 142 Å². The summed E-state index contributed by atoms with van der Waals surface area (Å²) in [6, 6.07) is 9.94. The lowest BCUT2D eigenvalue weighted by atomic mass is 10.3. The predicted molar refractivity (Wildman–Crippen MR) is 96.1 cm³/mol. The highest BCUT2D eigenvalue weighted by Gasteiger charge is 2.18. The summed E-state index contributed by atoms with van der Waals surface area (Å²) in [6.45, 7) is 8.92. The van der Waals surface area contributed by atoms with Gasteiger partial charge in [-0.2, -0.15) is 15.0 Å². The third-order valence-electron chi connectivity index (χ3n) is 3.98. The van der Waals surface area contributed by atoms with Crippen molar-refractivity contribution < 1.29 is 4.74 Å². The normalized spacial score (nSPS) is 14.5. The average Bonchev–Trinajstić information content (AvgIpc) is 2.64. The Morgan fingerprint density at radius 1 is 1.04 bits per heavy atom. The van der Waals surface area contributed by atoms with Gasteiger partial charge in [0.05, 0.1) is 13.2 Å². The number of hydrogen-bond acceptors (Lipinski definition) is 7. The van der Waals surface area contributed by atoms with Gasteiger partial charge in [-0.15, -0.1) is 0 Å². The molecule has 0 bridgehead atoms. The van der Waals surface area contributed by atoms with E-state index in [9.17, 15) is 0 Å². The van der Waals surface area contributed by atoms with Gasteiger partial charge in [0.1, 0.15) is 0 Å². The molecule has 0 amide bonds. The van der Waals surface area contributed by atoms with Gasteiger partial charge in [-0.1, -0.05) is 18.2 Å². The van der Waals surface area contributed by atoms with Gasteiger partial charge in [0.15, 0.2) is 0 Å². The highest BCUT2D eigenvalue weighted by Crippen LogP contribution is 2.20. The molecule has 1 aliphatic rings. The third-order valence-corrected chi connectivity index (χ3v) is 3.98. The maximum atomic E-state index is 5.43. The minimum atomic E-state index is 0.569. The first kappa shape index (κ1) is 16.4. The minimum Gasteiger partial charge on any atom is -0.378 e. The molecule has 128 valence electrons. The molecule has 0 aliphatic carbocycles. The summed E-state index contributed by atoms with van der Waals surface area (Å²) in [5.41, 5.74) is 0.960. The van der Waals surface area contributed by atoms with Gasteiger partial charge < -0.3 is 19.9 Å². The van der Waals surface area contributed by atoms with Gasteiger partial charge in [-0.25, -0.2) is 0 Å². The standard InChI is InChI=1S/C17H24N6O/c1-3-22(4-2)16-19-15(18-14-8-6-5-7-9-14)20-17(21-16)23-10-12-24-13-11-23/h5-9H,3-4,10-13H2,1-2H3,(H,18,19,20,21). The van der Waals surface area contributed by atoms with Gasteiger partial charge >= 0.3 is 0 Å². The Kier molecular flexibility index (Phi) is 5.43. The van der Waals surface area contributed by atoms with E-state index in [2.05, 4.69) is 43.9 Å². The van der Waals surface area contributed by atoms with Crippen molar-refractivity contribution >= 4 is 23.5 Å². The van der Waals surface area contributed by atoms with Crippen LogP contribution in [0.2, 0.25) is 0 Å². The first-order chi connectivity index (χ1) is 11.8. The van der Waals surface area contributed by atoms with Gasteiger partial charge in [-0.3, -0.25) is 0 Å². The number of nitrogens with one attached hydrogen (secondary N) is 1. The van der Waals surface area contributed by atoms with Gasteiger partial charge in [0.2, 0.25) is 17.8 Å². The van der Waals surface area contributed by atoms with Crippen LogP contribution in [0.5, 0.6) is 0 Å². The number of ether oxygens (including phenoxy) is 1. The van der Waals surface area contributed by atoms with E-state index < -0.39 is 0 Å². The van der Waals surface area contributed by atoms with Crippen molar-refractivity contribution in [3.63, 3.8) is 0 Å². The molecule has 1 saturated heterocycles. The molecule has 1 N–H and O–H groups in total. The second-order valence-corrected chi connectivity index (χ2v) is 5.52. The zero-order chi connectivity index (χ0) is 16.8. The molecule has 0 spiro atoms. The fraction of sp³-hybridized carbons (Fsp3) is 0.471. The van der Waals surface area contributed by atoms with E-state index in [1.807, 2.05) is 30.3 Å². The molecule has 2 heterocycles. The maximum absolute atomic E-state index is 5.43. The lowest BCUT2D eigenvalue weighted by molar-refractivity contribution is 0.122. The first-order valence-electron chi connectivity index (χ1n) is 8.46. The summed E-state index contributed by atoms with van der Waals surface area (Å²) in [4.78, 5) is 18.2. The lowest BCUT2D eigenvalue weighted by Gasteiger charge is -2.28. The molecule has 3 rings (SSSR count). The van der Waals surface area contributed by atoms with E-state index >= 15 is 0 Å². The fourth-order valence-electron chi connectivity index (χ4n) is 2.61. The molecule has 1 aromatic heterocycles. The molecule has 7 nitrogen and oxygen atoms in total. The van der Waals surface area contributed by atoms with Crippen LogP contribution in [0.3, 0.4) is 0 Å². The molecule has 1 aliphatic heterocycles. The molecular weight excluding hydrogens is 304 g/mol. The summed E-state index contributed by atoms with van der Waals surface area (Å²) in [5, 5.41) is 3.28.